The van der Waals surface area contributed by atoms with E-state index in [0.29, 0.717) is 0 Å². The van der Waals surface area contributed by atoms with E-state index < -0.39 is 6.10 Å². The molecular formula is C10H13ClO2S. The summed E-state index contributed by atoms with van der Waals surface area (Å²) in [7, 11) is 0. The highest BCUT2D eigenvalue weighted by atomic mass is 35.5. The first-order chi connectivity index (χ1) is 6.76. The minimum atomic E-state index is -0.600. The highest BCUT2D eigenvalue weighted by Gasteiger charge is 2.02. The molecule has 1 atom stereocenters. The summed E-state index contributed by atoms with van der Waals surface area (Å²) in [5, 5.41) is 9.16. The van der Waals surface area contributed by atoms with Gasteiger partial charge in [0.1, 0.15) is 18.5 Å². The Morgan fingerprint density at radius 2 is 2.07 bits per heavy atom. The largest absolute Gasteiger partial charge is 0.491 e. The lowest BCUT2D eigenvalue weighted by Gasteiger charge is -2.09. The molecule has 1 rings (SSSR count). The van der Waals surface area contributed by atoms with Gasteiger partial charge in [-0.05, 0) is 30.5 Å². The Kier molecular flexibility index (Phi) is 5.15. The van der Waals surface area contributed by atoms with Gasteiger partial charge in [0, 0.05) is 4.90 Å². The second-order valence-electron chi connectivity index (χ2n) is 2.79. The number of alkyl halides is 1. The molecule has 0 saturated carbocycles. The molecule has 0 fully saturated rings. The molecule has 0 aromatic heterocycles. The van der Waals surface area contributed by atoms with Crippen molar-refractivity contribution in [3.63, 3.8) is 0 Å². The van der Waals surface area contributed by atoms with Gasteiger partial charge in [0.2, 0.25) is 0 Å². The molecule has 1 aromatic rings. The van der Waals surface area contributed by atoms with Crippen LogP contribution in [0.4, 0.5) is 0 Å². The van der Waals surface area contributed by atoms with Crippen molar-refractivity contribution in [1.29, 1.82) is 0 Å². The Balaban J connectivity index is 2.43. The van der Waals surface area contributed by atoms with Gasteiger partial charge in [0.05, 0.1) is 5.88 Å². The Bertz CT molecular complexity index is 263. The number of aliphatic hydroxyl groups excluding tert-OH is 1. The van der Waals surface area contributed by atoms with Crippen LogP contribution in [0.3, 0.4) is 0 Å². The topological polar surface area (TPSA) is 29.5 Å². The zero-order chi connectivity index (χ0) is 10.4. The quantitative estimate of drug-likeness (QED) is 0.625. The van der Waals surface area contributed by atoms with Gasteiger partial charge in [-0.3, -0.25) is 0 Å². The Hall–Kier alpha value is -0.380. The first kappa shape index (κ1) is 11.7. The van der Waals surface area contributed by atoms with Crippen LogP contribution in [0.15, 0.2) is 29.2 Å². The maximum Gasteiger partial charge on any atom is 0.119 e. The molecule has 0 aliphatic carbocycles. The van der Waals surface area contributed by atoms with E-state index in [1.54, 1.807) is 11.8 Å². The van der Waals surface area contributed by atoms with Crippen LogP contribution < -0.4 is 4.74 Å². The van der Waals surface area contributed by atoms with Crippen molar-refractivity contribution in [2.45, 2.75) is 11.0 Å². The molecule has 0 amide bonds. The van der Waals surface area contributed by atoms with Crippen molar-refractivity contribution in [2.75, 3.05) is 18.7 Å². The standard InChI is InChI=1S/C10H13ClO2S/c1-14-10-4-2-9(3-5-10)13-7-8(12)6-11/h2-5,8,12H,6-7H2,1H3. The molecule has 0 aliphatic heterocycles. The maximum absolute atomic E-state index is 9.16. The van der Waals surface area contributed by atoms with Crippen LogP contribution >= 0.6 is 23.4 Å². The van der Waals surface area contributed by atoms with E-state index in [9.17, 15) is 0 Å². The second-order valence-corrected chi connectivity index (χ2v) is 3.98. The molecule has 0 heterocycles. The van der Waals surface area contributed by atoms with E-state index >= 15 is 0 Å². The maximum atomic E-state index is 9.16. The fourth-order valence-corrected chi connectivity index (χ4v) is 1.41. The summed E-state index contributed by atoms with van der Waals surface area (Å²) in [4.78, 5) is 1.19. The Labute approximate surface area is 93.2 Å². The number of ether oxygens (including phenoxy) is 1. The van der Waals surface area contributed by atoms with Crippen LogP contribution in [-0.4, -0.2) is 30.0 Å². The molecule has 2 nitrogen and oxygen atoms in total. The van der Waals surface area contributed by atoms with Gasteiger partial charge in [-0.1, -0.05) is 0 Å². The molecule has 78 valence electrons. The SMILES string of the molecule is CSc1ccc(OCC(O)CCl)cc1. The summed E-state index contributed by atoms with van der Waals surface area (Å²) in [6, 6.07) is 7.72. The van der Waals surface area contributed by atoms with E-state index in [-0.39, 0.29) is 12.5 Å². The summed E-state index contributed by atoms with van der Waals surface area (Å²) in [5.41, 5.74) is 0. The molecule has 0 spiro atoms. The van der Waals surface area contributed by atoms with Gasteiger partial charge < -0.3 is 9.84 Å². The van der Waals surface area contributed by atoms with Crippen molar-refractivity contribution in [2.24, 2.45) is 0 Å². The van der Waals surface area contributed by atoms with Gasteiger partial charge in [0.15, 0.2) is 0 Å². The molecule has 1 N–H and O–H groups in total. The number of hydrogen-bond acceptors (Lipinski definition) is 3. The summed E-state index contributed by atoms with van der Waals surface area (Å²) < 4.78 is 5.31. The summed E-state index contributed by atoms with van der Waals surface area (Å²) in [5.74, 6) is 0.954. The molecule has 14 heavy (non-hydrogen) atoms. The predicted molar refractivity (Wildman–Crippen MR) is 60.4 cm³/mol. The van der Waals surface area contributed by atoms with Crippen LogP contribution in [0, 0.1) is 0 Å². The molecule has 1 aromatic carbocycles. The van der Waals surface area contributed by atoms with E-state index in [1.165, 1.54) is 4.90 Å². The monoisotopic (exact) mass is 232 g/mol. The lowest BCUT2D eigenvalue weighted by atomic mass is 10.3. The average Bonchev–Trinajstić information content (AvgIpc) is 2.26. The first-order valence-electron chi connectivity index (χ1n) is 4.27. The second kappa shape index (κ2) is 6.17. The predicted octanol–water partition coefficient (Wildman–Crippen LogP) is 2.39. The van der Waals surface area contributed by atoms with Crippen molar-refractivity contribution in [3.05, 3.63) is 24.3 Å². The minimum Gasteiger partial charge on any atom is -0.491 e. The third-order valence-corrected chi connectivity index (χ3v) is 2.78. The van der Waals surface area contributed by atoms with Crippen LogP contribution in [0.5, 0.6) is 5.75 Å². The van der Waals surface area contributed by atoms with Crippen molar-refractivity contribution < 1.29 is 9.84 Å². The lowest BCUT2D eigenvalue weighted by Crippen LogP contribution is -2.18. The van der Waals surface area contributed by atoms with Gasteiger partial charge in [0.25, 0.3) is 0 Å². The van der Waals surface area contributed by atoms with Crippen molar-refractivity contribution in [1.82, 2.24) is 0 Å². The normalized spacial score (nSPS) is 12.5. The van der Waals surface area contributed by atoms with Crippen LogP contribution in [0.25, 0.3) is 0 Å². The fraction of sp³-hybridized carbons (Fsp3) is 0.400. The smallest absolute Gasteiger partial charge is 0.119 e. The number of rotatable bonds is 5. The summed E-state index contributed by atoms with van der Waals surface area (Å²) in [6.07, 6.45) is 1.42. The van der Waals surface area contributed by atoms with Gasteiger partial charge in [-0.15, -0.1) is 23.4 Å². The van der Waals surface area contributed by atoms with Gasteiger partial charge >= 0.3 is 0 Å². The number of hydrogen-bond donors (Lipinski definition) is 1. The Morgan fingerprint density at radius 3 is 2.57 bits per heavy atom. The van der Waals surface area contributed by atoms with E-state index in [0.717, 1.165) is 5.75 Å². The van der Waals surface area contributed by atoms with Gasteiger partial charge in [-0.25, -0.2) is 0 Å². The third kappa shape index (κ3) is 3.78. The lowest BCUT2D eigenvalue weighted by molar-refractivity contribution is 0.125. The molecule has 0 saturated heterocycles. The van der Waals surface area contributed by atoms with E-state index in [2.05, 4.69) is 0 Å². The van der Waals surface area contributed by atoms with Crippen molar-refractivity contribution in [3.8, 4) is 5.75 Å². The van der Waals surface area contributed by atoms with Crippen LogP contribution in [0.1, 0.15) is 0 Å². The first-order valence-corrected chi connectivity index (χ1v) is 6.03. The number of aliphatic hydroxyl groups is 1. The fourth-order valence-electron chi connectivity index (χ4n) is 0.909. The molecule has 0 radical (unpaired) electrons. The third-order valence-electron chi connectivity index (χ3n) is 1.68. The molecule has 0 bridgehead atoms. The van der Waals surface area contributed by atoms with Crippen LogP contribution in [0.2, 0.25) is 0 Å². The Morgan fingerprint density at radius 1 is 1.43 bits per heavy atom. The highest BCUT2D eigenvalue weighted by molar-refractivity contribution is 7.98. The number of thioether (sulfide) groups is 1. The molecule has 4 heteroatoms. The number of halogens is 1. The summed E-state index contributed by atoms with van der Waals surface area (Å²) >= 11 is 7.11. The molecular weight excluding hydrogens is 220 g/mol. The molecule has 0 aliphatic rings. The van der Waals surface area contributed by atoms with Gasteiger partial charge in [-0.2, -0.15) is 0 Å². The minimum absolute atomic E-state index is 0.197. The zero-order valence-corrected chi connectivity index (χ0v) is 9.52. The van der Waals surface area contributed by atoms with E-state index in [4.69, 9.17) is 21.4 Å². The van der Waals surface area contributed by atoms with Crippen LogP contribution in [-0.2, 0) is 0 Å². The van der Waals surface area contributed by atoms with Crippen molar-refractivity contribution >= 4 is 23.4 Å². The number of benzene rings is 1. The average molecular weight is 233 g/mol. The zero-order valence-electron chi connectivity index (χ0n) is 7.94. The van der Waals surface area contributed by atoms with E-state index in [1.807, 2.05) is 30.5 Å². The highest BCUT2D eigenvalue weighted by Crippen LogP contribution is 2.18. The summed E-state index contributed by atoms with van der Waals surface area (Å²) in [6.45, 7) is 0.238. The molecule has 1 unspecified atom stereocenters.